The normalized spacial score (nSPS) is 16.7. The van der Waals surface area contributed by atoms with Crippen molar-refractivity contribution in [3.8, 4) is 17.6 Å². The highest BCUT2D eigenvalue weighted by molar-refractivity contribution is 8.14. The highest BCUT2D eigenvalue weighted by Crippen LogP contribution is 2.26. The quantitative estimate of drug-likeness (QED) is 0.719. The first-order valence-corrected chi connectivity index (χ1v) is 7.14. The number of anilines is 1. The number of amides is 2. The fraction of sp³-hybridized carbons (Fsp3) is 0.286. The van der Waals surface area contributed by atoms with E-state index in [0.29, 0.717) is 22.8 Å². The van der Waals surface area contributed by atoms with Crippen molar-refractivity contribution >= 4 is 28.6 Å². The van der Waals surface area contributed by atoms with E-state index in [9.17, 15) is 9.59 Å². The van der Waals surface area contributed by atoms with Gasteiger partial charge in [-0.2, -0.15) is 0 Å². The molecular formula is C14H14N2O4S. The number of hydrogen-bond donors (Lipinski definition) is 3. The summed E-state index contributed by atoms with van der Waals surface area (Å²) in [6.07, 6.45) is 0. The molecule has 1 fully saturated rings. The van der Waals surface area contributed by atoms with E-state index >= 15 is 0 Å². The van der Waals surface area contributed by atoms with E-state index in [4.69, 9.17) is 9.84 Å². The second-order valence-corrected chi connectivity index (χ2v) is 5.15. The molecule has 3 N–H and O–H groups in total. The average Bonchev–Trinajstić information content (AvgIpc) is 2.92. The summed E-state index contributed by atoms with van der Waals surface area (Å²) in [5.41, 5.74) is 1.11. The Kier molecular flexibility index (Phi) is 5.09. The summed E-state index contributed by atoms with van der Waals surface area (Å²) in [5.74, 6) is 5.88. The Hall–Kier alpha value is -2.17. The predicted octanol–water partition coefficient (Wildman–Crippen LogP) is 0.802. The topological polar surface area (TPSA) is 87.7 Å². The van der Waals surface area contributed by atoms with Gasteiger partial charge in [0, 0.05) is 11.3 Å². The fourth-order valence-corrected chi connectivity index (χ4v) is 2.55. The molecule has 110 valence electrons. The maximum Gasteiger partial charge on any atom is 0.279 e. The van der Waals surface area contributed by atoms with Crippen LogP contribution in [0, 0.1) is 11.8 Å². The third-order valence-corrected chi connectivity index (χ3v) is 3.64. The first kappa shape index (κ1) is 15.2. The van der Waals surface area contributed by atoms with E-state index in [2.05, 4.69) is 22.5 Å². The predicted molar refractivity (Wildman–Crippen MR) is 80.4 cm³/mol. The number of rotatable bonds is 3. The van der Waals surface area contributed by atoms with E-state index in [1.807, 2.05) is 0 Å². The standard InChI is InChI=1S/C14H14N2O4S/c1-20-12-5-4-9(3-2-6-17)7-10(12)15-13(18)11-8-21-14(19)16-11/h4-5,7,11,17H,6,8H2,1H3,(H,15,18)(H,16,19). The molecule has 0 aromatic heterocycles. The number of aliphatic hydroxyl groups is 1. The Morgan fingerprint density at radius 3 is 3.05 bits per heavy atom. The number of benzene rings is 1. The molecular weight excluding hydrogens is 292 g/mol. The van der Waals surface area contributed by atoms with Gasteiger partial charge in [0.25, 0.3) is 5.24 Å². The fourth-order valence-electron chi connectivity index (χ4n) is 1.77. The van der Waals surface area contributed by atoms with Crippen LogP contribution in [0.4, 0.5) is 10.5 Å². The minimum atomic E-state index is -0.556. The first-order chi connectivity index (χ1) is 10.1. The van der Waals surface area contributed by atoms with E-state index in [1.165, 1.54) is 7.11 Å². The van der Waals surface area contributed by atoms with E-state index in [0.717, 1.165) is 11.8 Å². The molecule has 0 bridgehead atoms. The van der Waals surface area contributed by atoms with Gasteiger partial charge in [-0.1, -0.05) is 23.6 Å². The molecule has 1 aliphatic rings. The van der Waals surface area contributed by atoms with Crippen LogP contribution in [-0.4, -0.2) is 41.8 Å². The summed E-state index contributed by atoms with van der Waals surface area (Å²) in [7, 11) is 1.50. The highest BCUT2D eigenvalue weighted by atomic mass is 32.2. The number of hydrogen-bond acceptors (Lipinski definition) is 5. The van der Waals surface area contributed by atoms with Gasteiger partial charge in [-0.15, -0.1) is 0 Å². The van der Waals surface area contributed by atoms with Crippen LogP contribution in [0.3, 0.4) is 0 Å². The Balaban J connectivity index is 2.17. The van der Waals surface area contributed by atoms with E-state index in [1.54, 1.807) is 18.2 Å². The van der Waals surface area contributed by atoms with Crippen molar-refractivity contribution in [3.05, 3.63) is 23.8 Å². The Labute approximate surface area is 126 Å². The molecule has 2 amide bonds. The lowest BCUT2D eigenvalue weighted by molar-refractivity contribution is -0.117. The maximum atomic E-state index is 12.1. The minimum absolute atomic E-state index is 0.204. The lowest BCUT2D eigenvalue weighted by Crippen LogP contribution is -2.38. The first-order valence-electron chi connectivity index (χ1n) is 6.16. The molecule has 2 rings (SSSR count). The number of aliphatic hydroxyl groups excluding tert-OH is 1. The highest BCUT2D eigenvalue weighted by Gasteiger charge is 2.28. The number of methoxy groups -OCH3 is 1. The van der Waals surface area contributed by atoms with Gasteiger partial charge < -0.3 is 20.5 Å². The van der Waals surface area contributed by atoms with Crippen molar-refractivity contribution in [2.24, 2.45) is 0 Å². The van der Waals surface area contributed by atoms with Crippen molar-refractivity contribution in [3.63, 3.8) is 0 Å². The summed E-state index contributed by atoms with van der Waals surface area (Å²) < 4.78 is 5.18. The molecule has 1 aliphatic heterocycles. The zero-order chi connectivity index (χ0) is 15.2. The van der Waals surface area contributed by atoms with Gasteiger partial charge in [-0.3, -0.25) is 9.59 Å². The Bertz CT molecular complexity index is 621. The second-order valence-electron chi connectivity index (χ2n) is 4.16. The molecule has 1 atom stereocenters. The minimum Gasteiger partial charge on any atom is -0.495 e. The molecule has 21 heavy (non-hydrogen) atoms. The molecule has 1 aromatic rings. The van der Waals surface area contributed by atoms with E-state index < -0.39 is 6.04 Å². The van der Waals surface area contributed by atoms with Crippen molar-refractivity contribution < 1.29 is 19.4 Å². The third-order valence-electron chi connectivity index (χ3n) is 2.76. The van der Waals surface area contributed by atoms with Gasteiger partial charge in [0.2, 0.25) is 5.91 Å². The molecule has 1 saturated heterocycles. The van der Waals surface area contributed by atoms with Crippen LogP contribution in [0.5, 0.6) is 5.75 Å². The van der Waals surface area contributed by atoms with Crippen molar-refractivity contribution in [2.45, 2.75) is 6.04 Å². The summed E-state index contributed by atoms with van der Waals surface area (Å²) >= 11 is 1.08. The summed E-state index contributed by atoms with van der Waals surface area (Å²) in [5, 5.41) is 13.8. The molecule has 1 aromatic carbocycles. The zero-order valence-electron chi connectivity index (χ0n) is 11.3. The number of carbonyl (C=O) groups excluding carboxylic acids is 2. The van der Waals surface area contributed by atoms with E-state index in [-0.39, 0.29) is 17.8 Å². The van der Waals surface area contributed by atoms with Gasteiger partial charge in [0.1, 0.15) is 18.4 Å². The maximum absolute atomic E-state index is 12.1. The smallest absolute Gasteiger partial charge is 0.279 e. The molecule has 7 heteroatoms. The second kappa shape index (κ2) is 7.02. The lowest BCUT2D eigenvalue weighted by Gasteiger charge is -2.13. The van der Waals surface area contributed by atoms with Gasteiger partial charge in [0.15, 0.2) is 0 Å². The van der Waals surface area contributed by atoms with Crippen LogP contribution in [0.2, 0.25) is 0 Å². The number of carbonyl (C=O) groups is 2. The molecule has 1 unspecified atom stereocenters. The van der Waals surface area contributed by atoms with Gasteiger partial charge >= 0.3 is 0 Å². The van der Waals surface area contributed by atoms with Crippen LogP contribution < -0.4 is 15.4 Å². The van der Waals surface area contributed by atoms with Crippen molar-refractivity contribution in [2.75, 3.05) is 24.8 Å². The summed E-state index contributed by atoms with van der Waals surface area (Å²) in [4.78, 5) is 23.2. The SMILES string of the molecule is COc1ccc(C#CCO)cc1NC(=O)C1CSC(=O)N1. The third kappa shape index (κ3) is 3.90. The summed E-state index contributed by atoms with van der Waals surface area (Å²) in [6.45, 7) is -0.237. The zero-order valence-corrected chi connectivity index (χ0v) is 12.1. The molecule has 0 saturated carbocycles. The molecule has 0 spiro atoms. The molecule has 0 radical (unpaired) electrons. The van der Waals surface area contributed by atoms with Crippen molar-refractivity contribution in [1.29, 1.82) is 0 Å². The van der Waals surface area contributed by atoms with Crippen LogP contribution in [0.15, 0.2) is 18.2 Å². The Morgan fingerprint density at radius 1 is 1.62 bits per heavy atom. The molecule has 0 aliphatic carbocycles. The Morgan fingerprint density at radius 2 is 2.43 bits per heavy atom. The number of thioether (sulfide) groups is 1. The number of nitrogens with one attached hydrogen (secondary N) is 2. The van der Waals surface area contributed by atoms with Gasteiger partial charge in [-0.05, 0) is 18.2 Å². The van der Waals surface area contributed by atoms with Crippen molar-refractivity contribution in [1.82, 2.24) is 5.32 Å². The van der Waals surface area contributed by atoms with Crippen LogP contribution >= 0.6 is 11.8 Å². The number of ether oxygens (including phenoxy) is 1. The monoisotopic (exact) mass is 306 g/mol. The molecule has 1 heterocycles. The lowest BCUT2D eigenvalue weighted by atomic mass is 10.1. The van der Waals surface area contributed by atoms with Crippen LogP contribution in [0.25, 0.3) is 0 Å². The van der Waals surface area contributed by atoms with Crippen LogP contribution in [0.1, 0.15) is 5.56 Å². The van der Waals surface area contributed by atoms with Gasteiger partial charge in [0.05, 0.1) is 12.8 Å². The van der Waals surface area contributed by atoms with Crippen LogP contribution in [-0.2, 0) is 4.79 Å². The molecule has 6 nitrogen and oxygen atoms in total. The average molecular weight is 306 g/mol. The largest absolute Gasteiger partial charge is 0.495 e. The van der Waals surface area contributed by atoms with Gasteiger partial charge in [-0.25, -0.2) is 0 Å². The summed E-state index contributed by atoms with van der Waals surface area (Å²) in [6, 6.07) is 4.51.